The van der Waals surface area contributed by atoms with E-state index in [0.717, 1.165) is 35.2 Å². The standard InChI is InChI=1S/C20H20N4O/c1-24-12-11-15(13-18(24)25)21-20-16-9-5-6-10-17(16)22-19(23-20)14-7-3-2-4-8-14/h2-10,15H,11-13H2,1H3,(H,21,22,23). The molecule has 1 unspecified atom stereocenters. The predicted octanol–water partition coefficient (Wildman–Crippen LogP) is 3.33. The van der Waals surface area contributed by atoms with Gasteiger partial charge in [-0.1, -0.05) is 42.5 Å². The van der Waals surface area contributed by atoms with Gasteiger partial charge in [-0.25, -0.2) is 9.97 Å². The number of benzene rings is 2. The monoisotopic (exact) mass is 332 g/mol. The summed E-state index contributed by atoms with van der Waals surface area (Å²) in [7, 11) is 1.85. The van der Waals surface area contributed by atoms with E-state index < -0.39 is 0 Å². The molecule has 5 nitrogen and oxygen atoms in total. The molecule has 1 fully saturated rings. The molecule has 0 saturated carbocycles. The highest BCUT2D eigenvalue weighted by Crippen LogP contribution is 2.26. The van der Waals surface area contributed by atoms with Crippen molar-refractivity contribution in [3.63, 3.8) is 0 Å². The lowest BCUT2D eigenvalue weighted by Crippen LogP contribution is -2.41. The zero-order chi connectivity index (χ0) is 17.2. The Morgan fingerprint density at radius 1 is 1.04 bits per heavy atom. The number of likely N-dealkylation sites (tertiary alicyclic amines) is 1. The molecule has 1 amide bonds. The smallest absolute Gasteiger partial charge is 0.224 e. The van der Waals surface area contributed by atoms with Crippen molar-refractivity contribution in [3.8, 4) is 11.4 Å². The zero-order valence-electron chi connectivity index (χ0n) is 14.1. The van der Waals surface area contributed by atoms with Crippen molar-refractivity contribution >= 4 is 22.6 Å². The minimum absolute atomic E-state index is 0.102. The average Bonchev–Trinajstić information content (AvgIpc) is 2.65. The van der Waals surface area contributed by atoms with Gasteiger partial charge in [0.2, 0.25) is 5.91 Å². The van der Waals surface area contributed by atoms with Gasteiger partial charge in [-0.3, -0.25) is 4.79 Å². The van der Waals surface area contributed by atoms with Gasteiger partial charge in [0.25, 0.3) is 0 Å². The Balaban J connectivity index is 1.73. The van der Waals surface area contributed by atoms with Crippen LogP contribution in [0.3, 0.4) is 0 Å². The highest BCUT2D eigenvalue weighted by molar-refractivity contribution is 5.91. The predicted molar refractivity (Wildman–Crippen MR) is 99.3 cm³/mol. The van der Waals surface area contributed by atoms with Crippen molar-refractivity contribution in [1.82, 2.24) is 14.9 Å². The lowest BCUT2D eigenvalue weighted by atomic mass is 10.0. The lowest BCUT2D eigenvalue weighted by molar-refractivity contribution is -0.132. The molecule has 1 aliphatic heterocycles. The fourth-order valence-electron chi connectivity index (χ4n) is 3.16. The first-order valence-electron chi connectivity index (χ1n) is 8.53. The summed E-state index contributed by atoms with van der Waals surface area (Å²) in [6, 6.07) is 18.0. The molecule has 2 heterocycles. The number of para-hydroxylation sites is 1. The fraction of sp³-hybridized carbons (Fsp3) is 0.250. The summed E-state index contributed by atoms with van der Waals surface area (Å²) in [6.45, 7) is 0.769. The number of hydrogen-bond acceptors (Lipinski definition) is 4. The third kappa shape index (κ3) is 3.18. The Morgan fingerprint density at radius 3 is 2.60 bits per heavy atom. The van der Waals surface area contributed by atoms with E-state index >= 15 is 0 Å². The van der Waals surface area contributed by atoms with Crippen LogP contribution in [0, 0.1) is 0 Å². The van der Waals surface area contributed by atoms with E-state index in [4.69, 9.17) is 9.97 Å². The number of piperidine rings is 1. The summed E-state index contributed by atoms with van der Waals surface area (Å²) in [5.74, 6) is 1.67. The second kappa shape index (κ2) is 6.51. The van der Waals surface area contributed by atoms with Crippen LogP contribution in [0.5, 0.6) is 0 Å². The topological polar surface area (TPSA) is 58.1 Å². The summed E-state index contributed by atoms with van der Waals surface area (Å²) in [5, 5.41) is 4.47. The highest BCUT2D eigenvalue weighted by atomic mass is 16.2. The van der Waals surface area contributed by atoms with Crippen LogP contribution in [0.25, 0.3) is 22.3 Å². The Kier molecular flexibility index (Phi) is 4.06. The number of carbonyl (C=O) groups excluding carboxylic acids is 1. The average molecular weight is 332 g/mol. The van der Waals surface area contributed by atoms with Crippen LogP contribution in [-0.4, -0.2) is 40.4 Å². The summed E-state index contributed by atoms with van der Waals surface area (Å²) >= 11 is 0. The first-order chi connectivity index (χ1) is 12.2. The summed E-state index contributed by atoms with van der Waals surface area (Å²) in [6.07, 6.45) is 1.41. The third-order valence-corrected chi connectivity index (χ3v) is 4.64. The molecule has 0 bridgehead atoms. The van der Waals surface area contributed by atoms with E-state index in [0.29, 0.717) is 12.2 Å². The number of fused-ring (bicyclic) bond motifs is 1. The van der Waals surface area contributed by atoms with Crippen LogP contribution in [0.15, 0.2) is 54.6 Å². The molecule has 25 heavy (non-hydrogen) atoms. The molecule has 0 aliphatic carbocycles. The van der Waals surface area contributed by atoms with Crippen LogP contribution >= 0.6 is 0 Å². The van der Waals surface area contributed by atoms with Crippen molar-refractivity contribution in [2.24, 2.45) is 0 Å². The van der Waals surface area contributed by atoms with Gasteiger partial charge in [-0.2, -0.15) is 0 Å². The van der Waals surface area contributed by atoms with Crippen molar-refractivity contribution in [2.45, 2.75) is 18.9 Å². The Bertz CT molecular complexity index is 910. The second-order valence-corrected chi connectivity index (χ2v) is 6.43. The van der Waals surface area contributed by atoms with Gasteiger partial charge in [-0.15, -0.1) is 0 Å². The number of rotatable bonds is 3. The molecular formula is C20H20N4O. The van der Waals surface area contributed by atoms with Crippen LogP contribution in [0.1, 0.15) is 12.8 Å². The van der Waals surface area contributed by atoms with Gasteiger partial charge in [0.05, 0.1) is 5.52 Å². The van der Waals surface area contributed by atoms with Crippen LogP contribution in [0.2, 0.25) is 0 Å². The first kappa shape index (κ1) is 15.6. The molecule has 126 valence electrons. The quantitative estimate of drug-likeness (QED) is 0.799. The van der Waals surface area contributed by atoms with E-state index in [2.05, 4.69) is 5.32 Å². The molecule has 1 atom stereocenters. The van der Waals surface area contributed by atoms with Crippen LogP contribution in [0.4, 0.5) is 5.82 Å². The van der Waals surface area contributed by atoms with E-state index in [1.54, 1.807) is 4.90 Å². The van der Waals surface area contributed by atoms with Crippen molar-refractivity contribution < 1.29 is 4.79 Å². The normalized spacial score (nSPS) is 17.7. The number of aromatic nitrogens is 2. The zero-order valence-corrected chi connectivity index (χ0v) is 14.1. The Labute approximate surface area is 146 Å². The molecule has 1 N–H and O–H groups in total. The summed E-state index contributed by atoms with van der Waals surface area (Å²) < 4.78 is 0. The minimum Gasteiger partial charge on any atom is -0.366 e. The molecule has 0 spiro atoms. The van der Waals surface area contributed by atoms with Gasteiger partial charge < -0.3 is 10.2 Å². The maximum atomic E-state index is 12.0. The molecule has 0 radical (unpaired) electrons. The number of nitrogens with zero attached hydrogens (tertiary/aromatic N) is 3. The summed E-state index contributed by atoms with van der Waals surface area (Å²) in [5.41, 5.74) is 1.88. The molecule has 2 aromatic carbocycles. The molecule has 5 heteroatoms. The number of carbonyl (C=O) groups is 1. The summed E-state index contributed by atoms with van der Waals surface area (Å²) in [4.78, 5) is 23.2. The van der Waals surface area contributed by atoms with Crippen molar-refractivity contribution in [1.29, 1.82) is 0 Å². The molecule has 1 aromatic heterocycles. The van der Waals surface area contributed by atoms with E-state index in [1.165, 1.54) is 0 Å². The molecule has 1 aliphatic rings. The van der Waals surface area contributed by atoms with Gasteiger partial charge in [-0.05, 0) is 18.6 Å². The van der Waals surface area contributed by atoms with Crippen LogP contribution in [-0.2, 0) is 4.79 Å². The van der Waals surface area contributed by atoms with Crippen LogP contribution < -0.4 is 5.32 Å². The lowest BCUT2D eigenvalue weighted by Gasteiger charge is -2.29. The van der Waals surface area contributed by atoms with Crippen molar-refractivity contribution in [3.05, 3.63) is 54.6 Å². The van der Waals surface area contributed by atoms with E-state index in [1.807, 2.05) is 61.6 Å². The highest BCUT2D eigenvalue weighted by Gasteiger charge is 2.24. The van der Waals surface area contributed by atoms with E-state index in [9.17, 15) is 4.79 Å². The van der Waals surface area contributed by atoms with Gasteiger partial charge in [0, 0.05) is 37.0 Å². The number of amides is 1. The SMILES string of the molecule is CN1CCC(Nc2nc(-c3ccccc3)nc3ccccc23)CC1=O. The maximum Gasteiger partial charge on any atom is 0.224 e. The molecule has 4 rings (SSSR count). The van der Waals surface area contributed by atoms with E-state index in [-0.39, 0.29) is 11.9 Å². The molecule has 3 aromatic rings. The first-order valence-corrected chi connectivity index (χ1v) is 8.53. The maximum absolute atomic E-state index is 12.0. The van der Waals surface area contributed by atoms with Gasteiger partial charge in [0.1, 0.15) is 5.82 Å². The number of nitrogens with one attached hydrogen (secondary N) is 1. The van der Waals surface area contributed by atoms with Crippen molar-refractivity contribution in [2.75, 3.05) is 18.9 Å². The Hall–Kier alpha value is -2.95. The Morgan fingerprint density at radius 2 is 1.80 bits per heavy atom. The van der Waals surface area contributed by atoms with Gasteiger partial charge >= 0.3 is 0 Å². The number of anilines is 1. The van der Waals surface area contributed by atoms with Gasteiger partial charge in [0.15, 0.2) is 5.82 Å². The molecule has 1 saturated heterocycles. The fourth-order valence-corrected chi connectivity index (χ4v) is 3.16. The third-order valence-electron chi connectivity index (χ3n) is 4.64. The molecular weight excluding hydrogens is 312 g/mol. The largest absolute Gasteiger partial charge is 0.366 e. The number of hydrogen-bond donors (Lipinski definition) is 1. The minimum atomic E-state index is 0.102. The second-order valence-electron chi connectivity index (χ2n) is 6.43.